The fourth-order valence-corrected chi connectivity index (χ4v) is 2.40. The molecule has 0 aliphatic carbocycles. The maximum absolute atomic E-state index is 5.93. The Kier molecular flexibility index (Phi) is 4.22. The molecule has 0 atom stereocenters. The lowest BCUT2D eigenvalue weighted by Gasteiger charge is -2.05. The normalized spacial score (nSPS) is 10.5. The zero-order valence-electron chi connectivity index (χ0n) is 11.4. The van der Waals surface area contributed by atoms with Crippen molar-refractivity contribution in [3.63, 3.8) is 0 Å². The lowest BCUT2D eigenvalue weighted by molar-refractivity contribution is 0.437. The standard InChI is InChI=1S/C17H15ClN2O/c18-12-11-15-16(13-7-3-1-4-8-13)20-21-17(15)19-14-9-5-2-6-10-14/h1-10,19H,11-12H2. The van der Waals surface area contributed by atoms with Gasteiger partial charge in [0.05, 0.1) is 0 Å². The first-order valence-corrected chi connectivity index (χ1v) is 7.34. The number of benzene rings is 2. The van der Waals surface area contributed by atoms with Gasteiger partial charge in [0.1, 0.15) is 5.69 Å². The number of hydrogen-bond donors (Lipinski definition) is 1. The molecule has 2 aromatic carbocycles. The molecule has 0 unspecified atom stereocenters. The van der Waals surface area contributed by atoms with Gasteiger partial charge in [0.15, 0.2) is 0 Å². The number of nitrogens with one attached hydrogen (secondary N) is 1. The van der Waals surface area contributed by atoms with Gasteiger partial charge in [-0.15, -0.1) is 11.6 Å². The molecule has 3 rings (SSSR count). The van der Waals surface area contributed by atoms with Gasteiger partial charge in [-0.25, -0.2) is 0 Å². The van der Waals surface area contributed by atoms with Crippen LogP contribution in [0, 0.1) is 0 Å². The summed E-state index contributed by atoms with van der Waals surface area (Å²) in [6.45, 7) is 0. The Hall–Kier alpha value is -2.26. The fraction of sp³-hybridized carbons (Fsp3) is 0.118. The van der Waals surface area contributed by atoms with E-state index in [0.717, 1.165) is 22.5 Å². The molecule has 0 spiro atoms. The fourth-order valence-electron chi connectivity index (χ4n) is 2.21. The molecule has 0 aliphatic heterocycles. The summed E-state index contributed by atoms with van der Waals surface area (Å²) in [6, 6.07) is 19.9. The third-order valence-electron chi connectivity index (χ3n) is 3.21. The number of anilines is 2. The van der Waals surface area contributed by atoms with Crippen LogP contribution in [0.1, 0.15) is 5.56 Å². The molecule has 0 saturated carbocycles. The van der Waals surface area contributed by atoms with E-state index in [0.29, 0.717) is 18.2 Å². The van der Waals surface area contributed by atoms with E-state index in [4.69, 9.17) is 16.1 Å². The van der Waals surface area contributed by atoms with Crippen LogP contribution in [0.4, 0.5) is 11.6 Å². The van der Waals surface area contributed by atoms with E-state index in [1.165, 1.54) is 0 Å². The predicted molar refractivity (Wildman–Crippen MR) is 86.1 cm³/mol. The summed E-state index contributed by atoms with van der Waals surface area (Å²) < 4.78 is 5.49. The van der Waals surface area contributed by atoms with Crippen molar-refractivity contribution in [2.24, 2.45) is 0 Å². The highest BCUT2D eigenvalue weighted by atomic mass is 35.5. The third kappa shape index (κ3) is 3.09. The first kappa shape index (κ1) is 13.7. The topological polar surface area (TPSA) is 38.1 Å². The van der Waals surface area contributed by atoms with E-state index in [1.54, 1.807) is 0 Å². The Balaban J connectivity index is 1.96. The lowest BCUT2D eigenvalue weighted by atomic mass is 10.1. The maximum atomic E-state index is 5.93. The van der Waals surface area contributed by atoms with Crippen LogP contribution in [0.3, 0.4) is 0 Å². The molecule has 0 amide bonds. The van der Waals surface area contributed by atoms with Gasteiger partial charge in [-0.05, 0) is 18.6 Å². The minimum Gasteiger partial charge on any atom is -0.338 e. The monoisotopic (exact) mass is 298 g/mol. The summed E-state index contributed by atoms with van der Waals surface area (Å²) in [7, 11) is 0. The number of aromatic nitrogens is 1. The lowest BCUT2D eigenvalue weighted by Crippen LogP contribution is -1.95. The van der Waals surface area contributed by atoms with Gasteiger partial charge in [-0.1, -0.05) is 53.7 Å². The van der Waals surface area contributed by atoms with Crippen molar-refractivity contribution in [3.8, 4) is 11.3 Å². The second kappa shape index (κ2) is 6.46. The third-order valence-corrected chi connectivity index (χ3v) is 3.40. The van der Waals surface area contributed by atoms with Crippen LogP contribution in [0.15, 0.2) is 65.2 Å². The van der Waals surface area contributed by atoms with Crippen molar-refractivity contribution < 1.29 is 4.52 Å². The number of rotatable bonds is 5. The van der Waals surface area contributed by atoms with Crippen LogP contribution >= 0.6 is 11.6 Å². The molecular formula is C17H15ClN2O. The van der Waals surface area contributed by atoms with E-state index >= 15 is 0 Å². The molecule has 4 heteroatoms. The predicted octanol–water partition coefficient (Wildman–Crippen LogP) is 4.87. The molecule has 0 saturated heterocycles. The number of halogens is 1. The van der Waals surface area contributed by atoms with Gasteiger partial charge < -0.3 is 9.84 Å². The summed E-state index contributed by atoms with van der Waals surface area (Å²) in [5.41, 5.74) is 3.83. The quantitative estimate of drug-likeness (QED) is 0.683. The molecule has 106 valence electrons. The first-order valence-electron chi connectivity index (χ1n) is 6.80. The van der Waals surface area contributed by atoms with E-state index in [-0.39, 0.29) is 0 Å². The summed E-state index contributed by atoms with van der Waals surface area (Å²) in [5.74, 6) is 1.17. The number of nitrogens with zero attached hydrogens (tertiary/aromatic N) is 1. The van der Waals surface area contributed by atoms with Crippen LogP contribution < -0.4 is 5.32 Å². The Bertz CT molecular complexity index is 695. The first-order chi connectivity index (χ1) is 10.4. The van der Waals surface area contributed by atoms with Crippen molar-refractivity contribution in [2.45, 2.75) is 6.42 Å². The van der Waals surface area contributed by atoms with Crippen LogP contribution in [-0.2, 0) is 6.42 Å². The molecule has 0 bridgehead atoms. The molecular weight excluding hydrogens is 284 g/mol. The van der Waals surface area contributed by atoms with Gasteiger partial charge in [0, 0.05) is 22.7 Å². The summed E-state index contributed by atoms with van der Waals surface area (Å²) in [4.78, 5) is 0. The molecule has 0 aliphatic rings. The highest BCUT2D eigenvalue weighted by Crippen LogP contribution is 2.31. The molecule has 0 radical (unpaired) electrons. The Labute approximate surface area is 128 Å². The number of alkyl halides is 1. The molecule has 3 nitrogen and oxygen atoms in total. The van der Waals surface area contributed by atoms with Crippen molar-refractivity contribution >= 4 is 23.2 Å². The second-order valence-electron chi connectivity index (χ2n) is 4.63. The Morgan fingerprint density at radius 2 is 1.62 bits per heavy atom. The van der Waals surface area contributed by atoms with Crippen LogP contribution in [-0.4, -0.2) is 11.0 Å². The van der Waals surface area contributed by atoms with Crippen LogP contribution in [0.25, 0.3) is 11.3 Å². The average Bonchev–Trinajstić information content (AvgIpc) is 2.92. The molecule has 1 N–H and O–H groups in total. The van der Waals surface area contributed by atoms with E-state index < -0.39 is 0 Å². The van der Waals surface area contributed by atoms with Gasteiger partial charge in [-0.3, -0.25) is 0 Å². The number of hydrogen-bond acceptors (Lipinski definition) is 3. The second-order valence-corrected chi connectivity index (χ2v) is 5.01. The highest BCUT2D eigenvalue weighted by molar-refractivity contribution is 6.18. The largest absolute Gasteiger partial charge is 0.338 e. The van der Waals surface area contributed by atoms with E-state index in [2.05, 4.69) is 10.5 Å². The van der Waals surface area contributed by atoms with Gasteiger partial charge in [0.25, 0.3) is 0 Å². The number of para-hydroxylation sites is 1. The highest BCUT2D eigenvalue weighted by Gasteiger charge is 2.17. The Morgan fingerprint density at radius 1 is 0.952 bits per heavy atom. The zero-order valence-corrected chi connectivity index (χ0v) is 12.2. The van der Waals surface area contributed by atoms with Gasteiger partial charge in [0.2, 0.25) is 5.88 Å². The van der Waals surface area contributed by atoms with E-state index in [1.807, 2.05) is 60.7 Å². The molecule has 0 fully saturated rings. The zero-order chi connectivity index (χ0) is 14.5. The molecule has 1 heterocycles. The summed E-state index contributed by atoms with van der Waals surface area (Å²) in [6.07, 6.45) is 0.699. The smallest absolute Gasteiger partial charge is 0.232 e. The molecule has 1 aromatic heterocycles. The summed E-state index contributed by atoms with van der Waals surface area (Å²) >= 11 is 5.93. The van der Waals surface area contributed by atoms with Crippen molar-refractivity contribution in [1.29, 1.82) is 0 Å². The SMILES string of the molecule is ClCCc1c(-c2ccccc2)noc1Nc1ccccc1. The van der Waals surface area contributed by atoms with Crippen molar-refractivity contribution in [2.75, 3.05) is 11.2 Å². The van der Waals surface area contributed by atoms with Crippen LogP contribution in [0.5, 0.6) is 0 Å². The van der Waals surface area contributed by atoms with Gasteiger partial charge >= 0.3 is 0 Å². The van der Waals surface area contributed by atoms with Gasteiger partial charge in [-0.2, -0.15) is 0 Å². The molecule has 3 aromatic rings. The Morgan fingerprint density at radius 3 is 2.29 bits per heavy atom. The minimum absolute atomic E-state index is 0.518. The van der Waals surface area contributed by atoms with Crippen LogP contribution in [0.2, 0.25) is 0 Å². The summed E-state index contributed by atoms with van der Waals surface area (Å²) in [5, 5.41) is 7.46. The average molecular weight is 299 g/mol. The van der Waals surface area contributed by atoms with Crippen molar-refractivity contribution in [1.82, 2.24) is 5.16 Å². The van der Waals surface area contributed by atoms with E-state index in [9.17, 15) is 0 Å². The minimum atomic E-state index is 0.518. The van der Waals surface area contributed by atoms with Crippen molar-refractivity contribution in [3.05, 3.63) is 66.2 Å². The maximum Gasteiger partial charge on any atom is 0.232 e. The molecule has 21 heavy (non-hydrogen) atoms.